The Morgan fingerprint density at radius 3 is 2.15 bits per heavy atom. The normalized spacial score (nSPS) is 24.8. The first-order chi connectivity index (χ1) is 24.6. The topological polar surface area (TPSA) is 74.6 Å². The van der Waals surface area contributed by atoms with Gasteiger partial charge in [-0.15, -0.1) is 0 Å². The lowest BCUT2D eigenvalue weighted by molar-refractivity contribution is -0.137. The fourth-order valence-electron chi connectivity index (χ4n) is 8.79. The Hall–Kier alpha value is -3.45. The molecule has 3 atom stereocenters. The van der Waals surface area contributed by atoms with Gasteiger partial charge in [0.05, 0.1) is 29.8 Å². The highest BCUT2D eigenvalue weighted by Crippen LogP contribution is 2.52. The van der Waals surface area contributed by atoms with Gasteiger partial charge in [-0.25, -0.2) is 23.1 Å². The number of aromatic nitrogens is 3. The Morgan fingerprint density at radius 1 is 0.904 bits per heavy atom. The smallest absolute Gasteiger partial charge is 0.416 e. The number of likely N-dealkylation sites (N-methyl/N-ethyl adjacent to an activating group) is 1. The van der Waals surface area contributed by atoms with Gasteiger partial charge in [0.25, 0.3) is 0 Å². The van der Waals surface area contributed by atoms with Gasteiger partial charge >= 0.3 is 6.18 Å². The van der Waals surface area contributed by atoms with E-state index in [-0.39, 0.29) is 54.2 Å². The van der Waals surface area contributed by atoms with Gasteiger partial charge < -0.3 is 19.6 Å². The van der Waals surface area contributed by atoms with Crippen molar-refractivity contribution >= 4 is 5.95 Å². The van der Waals surface area contributed by atoms with Crippen molar-refractivity contribution in [1.82, 2.24) is 19.9 Å². The lowest BCUT2D eigenvalue weighted by Crippen LogP contribution is -2.36. The number of likely N-dealkylation sites (tertiary alicyclic amines) is 1. The molecule has 7 rings (SSSR count). The van der Waals surface area contributed by atoms with Crippen LogP contribution < -0.4 is 9.64 Å². The minimum absolute atomic E-state index is 0.0291. The second-order valence-corrected chi connectivity index (χ2v) is 16.1. The molecule has 4 aliphatic rings. The van der Waals surface area contributed by atoms with Gasteiger partial charge in [0.2, 0.25) is 11.9 Å². The Kier molecular flexibility index (Phi) is 9.99. The second-order valence-electron chi connectivity index (χ2n) is 16.1. The van der Waals surface area contributed by atoms with Crippen LogP contribution in [0, 0.1) is 5.41 Å². The molecule has 3 aromatic rings. The molecule has 1 N–H and O–H groups in total. The first kappa shape index (κ1) is 36.9. The fourth-order valence-corrected chi connectivity index (χ4v) is 8.79. The summed E-state index contributed by atoms with van der Waals surface area (Å²) >= 11 is 0. The molecule has 52 heavy (non-hydrogen) atoms. The summed E-state index contributed by atoms with van der Waals surface area (Å²) < 4.78 is 92.7. The van der Waals surface area contributed by atoms with Crippen LogP contribution in [0.15, 0.2) is 36.7 Å². The number of hydrogen-bond donors (Lipinski definition) is 1. The van der Waals surface area contributed by atoms with Crippen LogP contribution in [0.4, 0.5) is 32.3 Å². The van der Waals surface area contributed by atoms with Crippen molar-refractivity contribution in [3.8, 4) is 5.75 Å². The number of anilines is 1. The van der Waals surface area contributed by atoms with E-state index < -0.39 is 35.9 Å². The summed E-state index contributed by atoms with van der Waals surface area (Å²) in [6.07, 6.45) is -1.47. The molecule has 13 heteroatoms. The van der Waals surface area contributed by atoms with Gasteiger partial charge in [-0.2, -0.15) is 13.2 Å². The number of aliphatic hydroxyl groups is 1. The van der Waals surface area contributed by atoms with Crippen LogP contribution >= 0.6 is 0 Å². The average molecular weight is 732 g/mol. The molecule has 1 aromatic carbocycles. The molecule has 2 aliphatic carbocycles. The lowest BCUT2D eigenvalue weighted by atomic mass is 9.68. The third-order valence-electron chi connectivity index (χ3n) is 11.5. The number of halogens is 6. The maximum Gasteiger partial charge on any atom is 0.416 e. The van der Waals surface area contributed by atoms with Crippen molar-refractivity contribution in [2.24, 2.45) is 5.41 Å². The van der Waals surface area contributed by atoms with Crippen LogP contribution in [-0.2, 0) is 12.6 Å². The van der Waals surface area contributed by atoms with Crippen molar-refractivity contribution in [3.05, 3.63) is 75.9 Å². The molecule has 0 spiro atoms. The SMILES string of the molecule is CN1CC[C@@H](Oc2cnc(N3CCC(c4nc5c(c(C6CCC(F)(F)CC6)c4[C@@H](F)c4ccc(C(F)(F)F)cc4)[C@@H](O)CC(C)(C)C5)CC3)nc2)C1. The maximum atomic E-state index is 17.3. The number of hydrogen-bond acceptors (Lipinski definition) is 7. The molecule has 3 fully saturated rings. The lowest BCUT2D eigenvalue weighted by Gasteiger charge is -2.41. The van der Waals surface area contributed by atoms with E-state index in [9.17, 15) is 27.1 Å². The van der Waals surface area contributed by atoms with Gasteiger partial charge in [0, 0.05) is 61.8 Å². The molecule has 282 valence electrons. The molecule has 4 heterocycles. The Balaban J connectivity index is 1.24. The largest absolute Gasteiger partial charge is 0.486 e. The van der Waals surface area contributed by atoms with Crippen molar-refractivity contribution in [1.29, 1.82) is 0 Å². The van der Waals surface area contributed by atoms with Crippen LogP contribution in [-0.4, -0.2) is 70.2 Å². The third-order valence-corrected chi connectivity index (χ3v) is 11.5. The van der Waals surface area contributed by atoms with E-state index in [2.05, 4.69) is 26.8 Å². The van der Waals surface area contributed by atoms with Gasteiger partial charge in [0.15, 0.2) is 11.9 Å². The van der Waals surface area contributed by atoms with Gasteiger partial charge in [-0.3, -0.25) is 4.98 Å². The van der Waals surface area contributed by atoms with Gasteiger partial charge in [-0.1, -0.05) is 26.0 Å². The number of piperidine rings is 1. The first-order valence-electron chi connectivity index (χ1n) is 18.4. The molecule has 0 bridgehead atoms. The maximum absolute atomic E-state index is 17.3. The molecule has 0 amide bonds. The van der Waals surface area contributed by atoms with Crippen LogP contribution in [0.3, 0.4) is 0 Å². The molecule has 2 aliphatic heterocycles. The van der Waals surface area contributed by atoms with E-state index in [0.29, 0.717) is 73.0 Å². The quantitative estimate of drug-likeness (QED) is 0.244. The van der Waals surface area contributed by atoms with E-state index in [1.54, 1.807) is 12.4 Å². The number of nitrogens with zero attached hydrogens (tertiary/aromatic N) is 5. The standard InChI is InChI=1S/C39H47F6N5O2/c1-37(2)18-29-32(30(51)19-37)31(23-8-13-38(41,42)14-9-23)33(34(40)24-4-6-26(7-5-24)39(43,44)45)35(48-29)25-10-16-50(17-11-25)36-46-20-28(21-47-36)52-27-12-15-49(3)22-27/h4-7,20-21,23,25,27,30,34,51H,8-19,22H2,1-3H3/t27-,30+,34+/m1/s1. The second kappa shape index (κ2) is 14.1. The van der Waals surface area contributed by atoms with Crippen molar-refractivity contribution in [2.45, 2.75) is 114 Å². The van der Waals surface area contributed by atoms with Gasteiger partial charge in [-0.05, 0) is 86.6 Å². The molecule has 1 saturated carbocycles. The number of rotatable bonds is 7. The monoisotopic (exact) mass is 731 g/mol. The number of fused-ring (bicyclic) bond motifs is 1. The summed E-state index contributed by atoms with van der Waals surface area (Å²) in [6.45, 7) is 6.99. The zero-order valence-electron chi connectivity index (χ0n) is 29.9. The van der Waals surface area contributed by atoms with Crippen molar-refractivity contribution in [2.75, 3.05) is 38.1 Å². The average Bonchev–Trinajstić information content (AvgIpc) is 3.50. The summed E-state index contributed by atoms with van der Waals surface area (Å²) in [6, 6.07) is 4.03. The highest BCUT2D eigenvalue weighted by atomic mass is 19.4. The van der Waals surface area contributed by atoms with E-state index in [4.69, 9.17) is 9.72 Å². The molecule has 2 saturated heterocycles. The number of ether oxygens (including phenoxy) is 1. The first-order valence-corrected chi connectivity index (χ1v) is 18.4. The summed E-state index contributed by atoms with van der Waals surface area (Å²) in [5, 5.41) is 11.6. The third kappa shape index (κ3) is 7.76. The van der Waals surface area contributed by atoms with Crippen LogP contribution in [0.5, 0.6) is 5.75 Å². The van der Waals surface area contributed by atoms with Crippen LogP contribution in [0.25, 0.3) is 0 Å². The minimum Gasteiger partial charge on any atom is -0.486 e. The molecule has 0 unspecified atom stereocenters. The Morgan fingerprint density at radius 2 is 1.56 bits per heavy atom. The highest BCUT2D eigenvalue weighted by Gasteiger charge is 2.44. The number of alkyl halides is 6. The van der Waals surface area contributed by atoms with E-state index >= 15 is 4.39 Å². The van der Waals surface area contributed by atoms with Crippen molar-refractivity contribution in [3.63, 3.8) is 0 Å². The predicted molar refractivity (Wildman–Crippen MR) is 185 cm³/mol. The molecular formula is C39H47F6N5O2. The zero-order valence-corrected chi connectivity index (χ0v) is 29.9. The molecule has 7 nitrogen and oxygen atoms in total. The van der Waals surface area contributed by atoms with Gasteiger partial charge in [0.1, 0.15) is 6.10 Å². The summed E-state index contributed by atoms with van der Waals surface area (Å²) in [5.74, 6) is -2.35. The minimum atomic E-state index is -4.59. The number of benzene rings is 1. The zero-order chi connectivity index (χ0) is 37.0. The summed E-state index contributed by atoms with van der Waals surface area (Å²) in [4.78, 5) is 18.5. The fraction of sp³-hybridized carbons (Fsp3) is 0.615. The predicted octanol–water partition coefficient (Wildman–Crippen LogP) is 8.71. The summed E-state index contributed by atoms with van der Waals surface area (Å²) in [7, 11) is 2.06. The number of pyridine rings is 1. The van der Waals surface area contributed by atoms with E-state index in [0.717, 1.165) is 43.8 Å². The van der Waals surface area contributed by atoms with E-state index in [1.165, 1.54) is 0 Å². The molecule has 0 radical (unpaired) electrons. The van der Waals surface area contributed by atoms with Crippen molar-refractivity contribution < 1.29 is 36.2 Å². The van der Waals surface area contributed by atoms with E-state index in [1.807, 2.05) is 13.8 Å². The van der Waals surface area contributed by atoms with Crippen LogP contribution in [0.1, 0.15) is 129 Å². The Labute approximate surface area is 300 Å². The molecular weight excluding hydrogens is 684 g/mol. The molecule has 2 aromatic heterocycles. The Bertz CT molecular complexity index is 1720. The highest BCUT2D eigenvalue weighted by molar-refractivity contribution is 5.51. The number of aliphatic hydroxyl groups excluding tert-OH is 1. The van der Waals surface area contributed by atoms with Crippen LogP contribution in [0.2, 0.25) is 0 Å². The summed E-state index contributed by atoms with van der Waals surface area (Å²) in [5.41, 5.74) is 1.27.